The Kier molecular flexibility index (Phi) is 5.78. The van der Waals surface area contributed by atoms with Gasteiger partial charge in [0, 0.05) is 18.8 Å². The predicted octanol–water partition coefficient (Wildman–Crippen LogP) is 1.75. The molecule has 0 radical (unpaired) electrons. The Balaban J connectivity index is 2.00. The van der Waals surface area contributed by atoms with E-state index in [4.69, 9.17) is 0 Å². The highest BCUT2D eigenvalue weighted by atomic mass is 32.2. The van der Waals surface area contributed by atoms with Crippen molar-refractivity contribution in [3.8, 4) is 0 Å². The summed E-state index contributed by atoms with van der Waals surface area (Å²) < 4.78 is 26.1. The first-order chi connectivity index (χ1) is 10.8. The van der Waals surface area contributed by atoms with Crippen molar-refractivity contribution in [2.24, 2.45) is 0 Å². The number of sulfonamides is 1. The Bertz CT molecular complexity index is 635. The van der Waals surface area contributed by atoms with Gasteiger partial charge in [0.25, 0.3) is 0 Å². The molecule has 1 aliphatic heterocycles. The molecule has 0 unspecified atom stereocenters. The fraction of sp³-hybridized carbons (Fsp3) is 0.562. The van der Waals surface area contributed by atoms with Crippen LogP contribution in [0, 0.1) is 0 Å². The van der Waals surface area contributed by atoms with Crippen LogP contribution in [0.2, 0.25) is 0 Å². The molecule has 1 heterocycles. The molecule has 128 valence electrons. The van der Waals surface area contributed by atoms with Crippen molar-refractivity contribution in [2.75, 3.05) is 32.0 Å². The standard InChI is InChI=1S/C16H25N3O3S/c1-13(2)18(3)23(21,22)15-8-6-14(7-9-15)17-16(20)12-19-10-4-5-11-19/h6-9,13H,4-5,10-12H2,1-3H3,(H,17,20). The van der Waals surface area contributed by atoms with Crippen LogP contribution >= 0.6 is 0 Å². The summed E-state index contributed by atoms with van der Waals surface area (Å²) >= 11 is 0. The predicted molar refractivity (Wildman–Crippen MR) is 90.8 cm³/mol. The minimum absolute atomic E-state index is 0.0678. The molecule has 6 nitrogen and oxygen atoms in total. The number of benzene rings is 1. The van der Waals surface area contributed by atoms with Crippen molar-refractivity contribution in [3.63, 3.8) is 0 Å². The molecule has 0 saturated carbocycles. The molecule has 1 fully saturated rings. The number of anilines is 1. The van der Waals surface area contributed by atoms with Gasteiger partial charge in [-0.05, 0) is 64.0 Å². The summed E-state index contributed by atoms with van der Waals surface area (Å²) in [4.78, 5) is 14.3. The van der Waals surface area contributed by atoms with Gasteiger partial charge in [-0.3, -0.25) is 9.69 Å². The lowest BCUT2D eigenvalue weighted by molar-refractivity contribution is -0.117. The highest BCUT2D eigenvalue weighted by Crippen LogP contribution is 2.19. The monoisotopic (exact) mass is 339 g/mol. The van der Waals surface area contributed by atoms with Gasteiger partial charge in [0.15, 0.2) is 0 Å². The zero-order valence-electron chi connectivity index (χ0n) is 13.9. The minimum Gasteiger partial charge on any atom is -0.325 e. The number of nitrogens with zero attached hydrogens (tertiary/aromatic N) is 2. The van der Waals surface area contributed by atoms with E-state index in [0.717, 1.165) is 25.9 Å². The Hall–Kier alpha value is -1.44. The van der Waals surface area contributed by atoms with Gasteiger partial charge in [0.1, 0.15) is 0 Å². The van der Waals surface area contributed by atoms with Crippen molar-refractivity contribution < 1.29 is 13.2 Å². The number of nitrogens with one attached hydrogen (secondary N) is 1. The van der Waals surface area contributed by atoms with Crippen molar-refractivity contribution >= 4 is 21.6 Å². The number of hydrogen-bond acceptors (Lipinski definition) is 4. The van der Waals surface area contributed by atoms with Gasteiger partial charge in [-0.15, -0.1) is 0 Å². The second-order valence-corrected chi connectivity index (χ2v) is 8.17. The quantitative estimate of drug-likeness (QED) is 0.857. The molecule has 0 aromatic heterocycles. The van der Waals surface area contributed by atoms with Gasteiger partial charge in [-0.1, -0.05) is 0 Å². The first-order valence-corrected chi connectivity index (χ1v) is 9.35. The number of carbonyl (C=O) groups excluding carboxylic acids is 1. The van der Waals surface area contributed by atoms with E-state index in [1.807, 2.05) is 13.8 Å². The van der Waals surface area contributed by atoms with Crippen LogP contribution in [0.1, 0.15) is 26.7 Å². The van der Waals surface area contributed by atoms with E-state index in [-0.39, 0.29) is 16.8 Å². The topological polar surface area (TPSA) is 69.7 Å². The number of carbonyl (C=O) groups is 1. The third-order valence-corrected chi connectivity index (χ3v) is 6.16. The third kappa shape index (κ3) is 4.53. The molecule has 1 saturated heterocycles. The number of rotatable bonds is 6. The second-order valence-electron chi connectivity index (χ2n) is 6.17. The average molecular weight is 339 g/mol. The largest absolute Gasteiger partial charge is 0.325 e. The van der Waals surface area contributed by atoms with Crippen LogP contribution in [0.5, 0.6) is 0 Å². The van der Waals surface area contributed by atoms with Crippen molar-refractivity contribution in [1.82, 2.24) is 9.21 Å². The molecule has 1 aromatic carbocycles. The van der Waals surface area contributed by atoms with Gasteiger partial charge in [0.05, 0.1) is 11.4 Å². The van der Waals surface area contributed by atoms with Gasteiger partial charge in [0.2, 0.25) is 15.9 Å². The summed E-state index contributed by atoms with van der Waals surface area (Å²) in [7, 11) is -1.93. The van der Waals surface area contributed by atoms with E-state index in [2.05, 4.69) is 10.2 Å². The second kappa shape index (κ2) is 7.42. The fourth-order valence-corrected chi connectivity index (χ4v) is 3.87. The average Bonchev–Trinajstić information content (AvgIpc) is 2.99. The summed E-state index contributed by atoms with van der Waals surface area (Å²) in [6, 6.07) is 6.20. The number of amides is 1. The lowest BCUT2D eigenvalue weighted by Crippen LogP contribution is -2.33. The third-order valence-electron chi connectivity index (χ3n) is 4.11. The molecule has 23 heavy (non-hydrogen) atoms. The maximum Gasteiger partial charge on any atom is 0.243 e. The zero-order valence-corrected chi connectivity index (χ0v) is 14.8. The highest BCUT2D eigenvalue weighted by Gasteiger charge is 2.23. The Morgan fingerprint density at radius 2 is 1.78 bits per heavy atom. The fourth-order valence-electron chi connectivity index (χ4n) is 2.50. The van der Waals surface area contributed by atoms with Crippen LogP contribution in [0.4, 0.5) is 5.69 Å². The molecule has 1 N–H and O–H groups in total. The van der Waals surface area contributed by atoms with Crippen LogP contribution in [0.3, 0.4) is 0 Å². The molecular weight excluding hydrogens is 314 g/mol. The molecule has 1 aliphatic rings. The molecule has 2 rings (SSSR count). The lowest BCUT2D eigenvalue weighted by atomic mass is 10.3. The van der Waals surface area contributed by atoms with Gasteiger partial charge in [-0.2, -0.15) is 4.31 Å². The molecular formula is C16H25N3O3S. The maximum absolute atomic E-state index is 12.4. The number of likely N-dealkylation sites (tertiary alicyclic amines) is 1. The highest BCUT2D eigenvalue weighted by molar-refractivity contribution is 7.89. The zero-order chi connectivity index (χ0) is 17.0. The number of hydrogen-bond donors (Lipinski definition) is 1. The normalized spacial score (nSPS) is 16.2. The summed E-state index contributed by atoms with van der Waals surface area (Å²) in [5.74, 6) is -0.0678. The molecule has 1 aromatic rings. The van der Waals surface area contributed by atoms with Crippen LogP contribution in [0.25, 0.3) is 0 Å². The van der Waals surface area contributed by atoms with Crippen LogP contribution in [-0.2, 0) is 14.8 Å². The van der Waals surface area contributed by atoms with E-state index in [9.17, 15) is 13.2 Å². The first-order valence-electron chi connectivity index (χ1n) is 7.91. The summed E-state index contributed by atoms with van der Waals surface area (Å²) in [6.07, 6.45) is 2.28. The minimum atomic E-state index is -3.49. The maximum atomic E-state index is 12.4. The Morgan fingerprint density at radius 3 is 2.30 bits per heavy atom. The molecule has 7 heteroatoms. The van der Waals surface area contributed by atoms with Crippen molar-refractivity contribution in [1.29, 1.82) is 0 Å². The smallest absolute Gasteiger partial charge is 0.243 e. The Morgan fingerprint density at radius 1 is 1.22 bits per heavy atom. The van der Waals surface area contributed by atoms with Gasteiger partial charge < -0.3 is 5.32 Å². The van der Waals surface area contributed by atoms with Gasteiger partial charge in [-0.25, -0.2) is 8.42 Å². The van der Waals surface area contributed by atoms with Crippen LogP contribution in [0.15, 0.2) is 29.2 Å². The molecule has 0 bridgehead atoms. The first kappa shape index (κ1) is 17.9. The van der Waals surface area contributed by atoms with E-state index in [1.54, 1.807) is 19.2 Å². The van der Waals surface area contributed by atoms with E-state index in [0.29, 0.717) is 12.2 Å². The van der Waals surface area contributed by atoms with Crippen LogP contribution in [-0.4, -0.2) is 56.3 Å². The summed E-state index contributed by atoms with van der Waals surface area (Å²) in [5, 5.41) is 2.81. The lowest BCUT2D eigenvalue weighted by Gasteiger charge is -2.21. The Labute approximate surface area is 138 Å². The molecule has 0 atom stereocenters. The molecule has 0 aliphatic carbocycles. The summed E-state index contributed by atoms with van der Waals surface area (Å²) in [6.45, 7) is 5.96. The van der Waals surface area contributed by atoms with Crippen LogP contribution < -0.4 is 5.32 Å². The van der Waals surface area contributed by atoms with E-state index in [1.165, 1.54) is 16.4 Å². The molecule has 1 amide bonds. The SMILES string of the molecule is CC(C)N(C)S(=O)(=O)c1ccc(NC(=O)CN2CCCC2)cc1. The van der Waals surface area contributed by atoms with E-state index >= 15 is 0 Å². The summed E-state index contributed by atoms with van der Waals surface area (Å²) in [5.41, 5.74) is 0.611. The van der Waals surface area contributed by atoms with Gasteiger partial charge >= 0.3 is 0 Å². The van der Waals surface area contributed by atoms with Crippen molar-refractivity contribution in [3.05, 3.63) is 24.3 Å². The molecule has 0 spiro atoms. The van der Waals surface area contributed by atoms with Crippen molar-refractivity contribution in [2.45, 2.75) is 37.6 Å². The van der Waals surface area contributed by atoms with E-state index < -0.39 is 10.0 Å².